The van der Waals surface area contributed by atoms with Crippen LogP contribution in [0.2, 0.25) is 0 Å². The smallest absolute Gasteiger partial charge is 0.336 e. The second-order valence-corrected chi connectivity index (χ2v) is 2.79. The molecule has 76 valence electrons. The van der Waals surface area contributed by atoms with Gasteiger partial charge in [0.25, 0.3) is 0 Å². The van der Waals surface area contributed by atoms with Crippen molar-refractivity contribution in [3.8, 4) is 0 Å². The van der Waals surface area contributed by atoms with E-state index in [9.17, 15) is 4.79 Å². The van der Waals surface area contributed by atoms with Crippen molar-refractivity contribution in [2.24, 2.45) is 0 Å². The summed E-state index contributed by atoms with van der Waals surface area (Å²) in [7, 11) is 0. The topological polar surface area (TPSA) is 37.3 Å². The molecule has 0 aromatic carbocycles. The summed E-state index contributed by atoms with van der Waals surface area (Å²) in [6.45, 7) is 11.1. The highest BCUT2D eigenvalue weighted by molar-refractivity contribution is 5.92. The van der Waals surface area contributed by atoms with Crippen LogP contribution in [0.15, 0.2) is 48.1 Å². The lowest BCUT2D eigenvalue weighted by Crippen LogP contribution is -2.02. The van der Waals surface area contributed by atoms with Crippen molar-refractivity contribution in [3.05, 3.63) is 48.1 Å². The molecule has 0 rings (SSSR count). The van der Waals surface area contributed by atoms with Crippen molar-refractivity contribution in [1.29, 1.82) is 0 Å². The number of carboxylic acids is 1. The van der Waals surface area contributed by atoms with Gasteiger partial charge in [0.1, 0.15) is 0 Å². The lowest BCUT2D eigenvalue weighted by atomic mass is 9.99. The largest absolute Gasteiger partial charge is 0.478 e. The number of carboxylic acid groups (broad SMARTS) is 1. The molecule has 0 aliphatic heterocycles. The molecule has 0 atom stereocenters. The molecular formula is C12H16O2. The minimum Gasteiger partial charge on any atom is -0.478 e. The fraction of sp³-hybridized carbons (Fsp3) is 0.250. The number of hydrogen-bond donors (Lipinski definition) is 1. The monoisotopic (exact) mass is 192 g/mol. The molecule has 0 aliphatic carbocycles. The summed E-state index contributed by atoms with van der Waals surface area (Å²) in [5, 5.41) is 8.95. The molecule has 0 amide bonds. The molecule has 14 heavy (non-hydrogen) atoms. The molecule has 0 radical (unpaired) electrons. The average molecular weight is 192 g/mol. The predicted molar refractivity (Wildman–Crippen MR) is 59.1 cm³/mol. The second-order valence-electron chi connectivity index (χ2n) is 2.79. The van der Waals surface area contributed by atoms with Gasteiger partial charge in [-0.25, -0.2) is 4.79 Å². The fourth-order valence-corrected chi connectivity index (χ4v) is 1.08. The highest BCUT2D eigenvalue weighted by atomic mass is 16.4. The van der Waals surface area contributed by atoms with E-state index in [0.29, 0.717) is 5.57 Å². The van der Waals surface area contributed by atoms with E-state index < -0.39 is 5.97 Å². The SMILES string of the molecule is C=C/C(C(=C)CC)=C(\C=C/C)C(=O)O. The van der Waals surface area contributed by atoms with E-state index in [1.165, 1.54) is 6.08 Å². The molecule has 0 saturated heterocycles. The summed E-state index contributed by atoms with van der Waals surface area (Å²) >= 11 is 0. The Morgan fingerprint density at radius 2 is 2.00 bits per heavy atom. The third-order valence-electron chi connectivity index (χ3n) is 1.87. The van der Waals surface area contributed by atoms with Crippen LogP contribution in [-0.2, 0) is 4.79 Å². The van der Waals surface area contributed by atoms with Gasteiger partial charge >= 0.3 is 5.97 Å². The van der Waals surface area contributed by atoms with E-state index in [4.69, 9.17) is 5.11 Å². The number of hydrogen-bond acceptors (Lipinski definition) is 1. The van der Waals surface area contributed by atoms with Crippen molar-refractivity contribution in [3.63, 3.8) is 0 Å². The summed E-state index contributed by atoms with van der Waals surface area (Å²) in [5.41, 5.74) is 1.64. The number of aliphatic carboxylic acids is 1. The first-order valence-corrected chi connectivity index (χ1v) is 4.49. The molecule has 1 N–H and O–H groups in total. The van der Waals surface area contributed by atoms with Gasteiger partial charge in [0.05, 0.1) is 5.57 Å². The Morgan fingerprint density at radius 3 is 2.29 bits per heavy atom. The van der Waals surface area contributed by atoms with E-state index in [1.807, 2.05) is 6.92 Å². The predicted octanol–water partition coefficient (Wildman–Crippen LogP) is 3.10. The molecule has 0 unspecified atom stereocenters. The summed E-state index contributed by atoms with van der Waals surface area (Å²) in [5.74, 6) is -0.951. The molecule has 2 nitrogen and oxygen atoms in total. The van der Waals surface area contributed by atoms with Crippen molar-refractivity contribution in [2.45, 2.75) is 20.3 Å². The first-order valence-electron chi connectivity index (χ1n) is 4.49. The van der Waals surface area contributed by atoms with Crippen molar-refractivity contribution in [1.82, 2.24) is 0 Å². The molecule has 2 heteroatoms. The number of carbonyl (C=O) groups is 1. The fourth-order valence-electron chi connectivity index (χ4n) is 1.08. The van der Waals surface area contributed by atoms with E-state index in [0.717, 1.165) is 12.0 Å². The van der Waals surface area contributed by atoms with Crippen LogP contribution in [0.3, 0.4) is 0 Å². The van der Waals surface area contributed by atoms with Crippen LogP contribution in [0.4, 0.5) is 0 Å². The maximum atomic E-state index is 10.9. The minimum absolute atomic E-state index is 0.245. The lowest BCUT2D eigenvalue weighted by molar-refractivity contribution is -0.132. The van der Waals surface area contributed by atoms with Crippen LogP contribution in [0.25, 0.3) is 0 Å². The standard InChI is InChI=1S/C12H16O2/c1-5-8-11(12(13)14)10(7-3)9(4)6-2/h5,7-8H,3-4,6H2,1-2H3,(H,13,14)/b8-5-,11-10-. The van der Waals surface area contributed by atoms with E-state index in [-0.39, 0.29) is 5.57 Å². The van der Waals surface area contributed by atoms with Gasteiger partial charge in [-0.3, -0.25) is 0 Å². The van der Waals surface area contributed by atoms with Gasteiger partial charge in [0, 0.05) is 0 Å². The van der Waals surface area contributed by atoms with Crippen LogP contribution < -0.4 is 0 Å². The lowest BCUT2D eigenvalue weighted by Gasteiger charge is -2.06. The third kappa shape index (κ3) is 3.05. The van der Waals surface area contributed by atoms with Crippen LogP contribution in [-0.4, -0.2) is 11.1 Å². The zero-order valence-electron chi connectivity index (χ0n) is 8.71. The molecule has 0 bridgehead atoms. The van der Waals surface area contributed by atoms with E-state index in [1.54, 1.807) is 19.1 Å². The van der Waals surface area contributed by atoms with Gasteiger partial charge in [-0.2, -0.15) is 0 Å². The molecule has 0 fully saturated rings. The summed E-state index contributed by atoms with van der Waals surface area (Å²) in [4.78, 5) is 10.9. The van der Waals surface area contributed by atoms with Gasteiger partial charge in [-0.15, -0.1) is 0 Å². The summed E-state index contributed by atoms with van der Waals surface area (Å²) in [6, 6.07) is 0. The molecule has 0 saturated carbocycles. The third-order valence-corrected chi connectivity index (χ3v) is 1.87. The Morgan fingerprint density at radius 1 is 1.43 bits per heavy atom. The quantitative estimate of drug-likeness (QED) is 0.537. The molecule has 0 heterocycles. The Balaban J connectivity index is 5.40. The summed E-state index contributed by atoms with van der Waals surface area (Å²) in [6.07, 6.45) is 5.50. The van der Waals surface area contributed by atoms with Crippen LogP contribution in [0.1, 0.15) is 20.3 Å². The molecule has 0 aromatic rings. The van der Waals surface area contributed by atoms with Crippen molar-refractivity contribution in [2.75, 3.05) is 0 Å². The first kappa shape index (κ1) is 12.4. The zero-order valence-corrected chi connectivity index (χ0v) is 8.71. The minimum atomic E-state index is -0.951. The van der Waals surface area contributed by atoms with Crippen molar-refractivity contribution < 1.29 is 9.90 Å². The first-order chi connectivity index (χ1) is 6.58. The maximum absolute atomic E-state index is 10.9. The molecular weight excluding hydrogens is 176 g/mol. The Labute approximate surface area is 85.0 Å². The number of allylic oxidation sites excluding steroid dienone is 4. The van der Waals surface area contributed by atoms with Crippen LogP contribution in [0.5, 0.6) is 0 Å². The second kappa shape index (κ2) is 5.97. The Hall–Kier alpha value is -1.57. The normalized spacial score (nSPS) is 12.4. The van der Waals surface area contributed by atoms with Gasteiger partial charge in [0.15, 0.2) is 0 Å². The van der Waals surface area contributed by atoms with Gasteiger partial charge in [-0.1, -0.05) is 38.3 Å². The highest BCUT2D eigenvalue weighted by Gasteiger charge is 2.10. The van der Waals surface area contributed by atoms with E-state index >= 15 is 0 Å². The van der Waals surface area contributed by atoms with Crippen molar-refractivity contribution >= 4 is 5.97 Å². The molecule has 0 spiro atoms. The van der Waals surface area contributed by atoms with Crippen LogP contribution in [0, 0.1) is 0 Å². The summed E-state index contributed by atoms with van der Waals surface area (Å²) < 4.78 is 0. The molecule has 0 aromatic heterocycles. The van der Waals surface area contributed by atoms with Gasteiger partial charge < -0.3 is 5.11 Å². The Bertz CT molecular complexity index is 306. The van der Waals surface area contributed by atoms with Gasteiger partial charge in [0.2, 0.25) is 0 Å². The van der Waals surface area contributed by atoms with E-state index in [2.05, 4.69) is 13.2 Å². The zero-order chi connectivity index (χ0) is 11.1. The van der Waals surface area contributed by atoms with Crippen LogP contribution >= 0.6 is 0 Å². The maximum Gasteiger partial charge on any atom is 0.336 e. The highest BCUT2D eigenvalue weighted by Crippen LogP contribution is 2.18. The number of rotatable bonds is 5. The average Bonchev–Trinajstić information content (AvgIpc) is 2.16. The molecule has 0 aliphatic rings. The Kier molecular flexibility index (Phi) is 5.30. The van der Waals surface area contributed by atoms with Gasteiger partial charge in [-0.05, 0) is 24.5 Å².